The number of guanidine groups is 1. The molecule has 2 aromatic heterocycles. The van der Waals surface area contributed by atoms with E-state index in [-0.39, 0.29) is 24.0 Å². The molecule has 8 heteroatoms. The summed E-state index contributed by atoms with van der Waals surface area (Å²) in [7, 11) is 0. The Balaban J connectivity index is 0.00000288. The van der Waals surface area contributed by atoms with Crippen LogP contribution in [0.1, 0.15) is 30.7 Å². The number of hydrogen-bond donors (Lipinski definition) is 2. The summed E-state index contributed by atoms with van der Waals surface area (Å²) >= 11 is 1.73. The molecule has 0 amide bonds. The fourth-order valence-corrected chi connectivity index (χ4v) is 2.92. The van der Waals surface area contributed by atoms with E-state index in [4.69, 9.17) is 0 Å². The summed E-state index contributed by atoms with van der Waals surface area (Å²) < 4.78 is 1.96. The van der Waals surface area contributed by atoms with Crippen LogP contribution < -0.4 is 10.6 Å². The minimum absolute atomic E-state index is 0. The van der Waals surface area contributed by atoms with E-state index in [2.05, 4.69) is 46.5 Å². The summed E-state index contributed by atoms with van der Waals surface area (Å²) in [5, 5.41) is 12.0. The topological polar surface area (TPSA) is 67.1 Å². The van der Waals surface area contributed by atoms with Gasteiger partial charge in [0.1, 0.15) is 5.01 Å². The van der Waals surface area contributed by atoms with Crippen molar-refractivity contribution in [2.24, 2.45) is 10.9 Å². The van der Waals surface area contributed by atoms with Gasteiger partial charge in [0.15, 0.2) is 5.96 Å². The van der Waals surface area contributed by atoms with Crippen molar-refractivity contribution in [3.05, 3.63) is 34.5 Å². The minimum Gasteiger partial charge on any atom is -0.357 e. The molecule has 24 heavy (non-hydrogen) atoms. The molecule has 0 bridgehead atoms. The van der Waals surface area contributed by atoms with Gasteiger partial charge < -0.3 is 10.6 Å². The van der Waals surface area contributed by atoms with E-state index in [0.29, 0.717) is 12.5 Å². The van der Waals surface area contributed by atoms with Crippen molar-refractivity contribution in [2.45, 2.75) is 40.3 Å². The zero-order valence-electron chi connectivity index (χ0n) is 14.5. The van der Waals surface area contributed by atoms with E-state index in [1.807, 2.05) is 29.3 Å². The molecule has 0 fully saturated rings. The summed E-state index contributed by atoms with van der Waals surface area (Å²) in [6, 6.07) is 1.95. The molecule has 2 heterocycles. The highest BCUT2D eigenvalue weighted by Crippen LogP contribution is 2.13. The lowest BCUT2D eigenvalue weighted by Gasteiger charge is -2.15. The Bertz CT molecular complexity index is 595. The Kier molecular flexibility index (Phi) is 9.92. The molecule has 0 aromatic carbocycles. The largest absolute Gasteiger partial charge is 0.357 e. The number of halogens is 1. The lowest BCUT2D eigenvalue weighted by Crippen LogP contribution is -2.40. The Hall–Kier alpha value is -1.16. The first-order valence-corrected chi connectivity index (χ1v) is 8.96. The zero-order chi connectivity index (χ0) is 16.5. The third-order valence-electron chi connectivity index (χ3n) is 3.34. The Morgan fingerprint density at radius 1 is 1.38 bits per heavy atom. The number of rotatable bonds is 8. The molecule has 0 saturated carbocycles. The quantitative estimate of drug-likeness (QED) is 0.360. The molecule has 1 unspecified atom stereocenters. The molecule has 0 spiro atoms. The van der Waals surface area contributed by atoms with Crippen LogP contribution in [-0.4, -0.2) is 33.8 Å². The number of nitrogens with one attached hydrogen (secondary N) is 2. The van der Waals surface area contributed by atoms with Gasteiger partial charge >= 0.3 is 0 Å². The highest BCUT2D eigenvalue weighted by molar-refractivity contribution is 14.0. The van der Waals surface area contributed by atoms with Crippen molar-refractivity contribution < 1.29 is 0 Å². The summed E-state index contributed by atoms with van der Waals surface area (Å²) in [6.45, 7) is 9.63. The van der Waals surface area contributed by atoms with Crippen molar-refractivity contribution in [2.75, 3.05) is 13.1 Å². The first-order chi connectivity index (χ1) is 11.2. The molecular formula is C16H27IN6S. The average molecular weight is 462 g/mol. The summed E-state index contributed by atoms with van der Waals surface area (Å²) in [4.78, 5) is 10.3. The van der Waals surface area contributed by atoms with Crippen molar-refractivity contribution in [1.82, 2.24) is 25.4 Å². The molecule has 2 aromatic rings. The van der Waals surface area contributed by atoms with E-state index in [9.17, 15) is 0 Å². The Morgan fingerprint density at radius 2 is 2.21 bits per heavy atom. The predicted octanol–water partition coefficient (Wildman–Crippen LogP) is 2.91. The highest BCUT2D eigenvalue weighted by atomic mass is 127. The van der Waals surface area contributed by atoms with E-state index in [1.165, 1.54) is 4.88 Å². The van der Waals surface area contributed by atoms with Crippen molar-refractivity contribution in [1.29, 1.82) is 0 Å². The van der Waals surface area contributed by atoms with Gasteiger partial charge in [0, 0.05) is 43.1 Å². The van der Waals surface area contributed by atoms with Crippen LogP contribution in [0.2, 0.25) is 0 Å². The Morgan fingerprint density at radius 3 is 2.83 bits per heavy atom. The number of nitrogens with zero attached hydrogens (tertiary/aromatic N) is 4. The first kappa shape index (κ1) is 20.9. The zero-order valence-corrected chi connectivity index (χ0v) is 17.7. The monoisotopic (exact) mass is 462 g/mol. The van der Waals surface area contributed by atoms with Gasteiger partial charge in [-0.15, -0.1) is 35.3 Å². The van der Waals surface area contributed by atoms with Crippen molar-refractivity contribution >= 4 is 41.3 Å². The lowest BCUT2D eigenvalue weighted by atomic mass is 10.2. The minimum atomic E-state index is 0. The van der Waals surface area contributed by atoms with Gasteiger partial charge in [-0.05, 0) is 25.3 Å². The predicted molar refractivity (Wildman–Crippen MR) is 111 cm³/mol. The second-order valence-corrected chi connectivity index (χ2v) is 6.68. The van der Waals surface area contributed by atoms with E-state index < -0.39 is 0 Å². The molecule has 0 radical (unpaired) electrons. The van der Waals surface area contributed by atoms with E-state index >= 15 is 0 Å². The molecule has 0 aliphatic carbocycles. The number of aliphatic imine (C=N–C) groups is 1. The number of aryl methyl sites for hydroxylation is 1. The van der Waals surface area contributed by atoms with Gasteiger partial charge in [0.2, 0.25) is 0 Å². The van der Waals surface area contributed by atoms with Crippen LogP contribution in [-0.2, 0) is 19.5 Å². The standard InChI is InChI=1S/C16H26N6S.HI/c1-4-14-10-18-15(23-14)11-20-16(17-5-2)19-9-13(3)12-22-8-6-7-21-22;/h6-8,10,13H,4-5,9,11-12H2,1-3H3,(H2,17,19,20);1H. The maximum Gasteiger partial charge on any atom is 0.191 e. The second-order valence-electron chi connectivity index (χ2n) is 5.48. The van der Waals surface area contributed by atoms with Crippen LogP contribution in [0.4, 0.5) is 0 Å². The van der Waals surface area contributed by atoms with Crippen LogP contribution in [0, 0.1) is 5.92 Å². The maximum atomic E-state index is 4.62. The summed E-state index contributed by atoms with van der Waals surface area (Å²) in [5.41, 5.74) is 0. The van der Waals surface area contributed by atoms with Gasteiger partial charge in [-0.2, -0.15) is 5.10 Å². The van der Waals surface area contributed by atoms with Gasteiger partial charge in [0.25, 0.3) is 0 Å². The Labute approximate surface area is 165 Å². The molecule has 0 aliphatic heterocycles. The molecule has 2 rings (SSSR count). The summed E-state index contributed by atoms with van der Waals surface area (Å²) in [6.07, 6.45) is 6.78. The van der Waals surface area contributed by atoms with E-state index in [1.54, 1.807) is 11.3 Å². The smallest absolute Gasteiger partial charge is 0.191 e. The van der Waals surface area contributed by atoms with Gasteiger partial charge in [-0.25, -0.2) is 9.98 Å². The molecular weight excluding hydrogens is 435 g/mol. The van der Waals surface area contributed by atoms with Gasteiger partial charge in [-0.1, -0.05) is 13.8 Å². The van der Waals surface area contributed by atoms with Gasteiger partial charge in [0.05, 0.1) is 6.54 Å². The van der Waals surface area contributed by atoms with Crippen LogP contribution in [0.5, 0.6) is 0 Å². The molecule has 1 atom stereocenters. The fraction of sp³-hybridized carbons (Fsp3) is 0.562. The molecule has 134 valence electrons. The van der Waals surface area contributed by atoms with Crippen molar-refractivity contribution in [3.8, 4) is 0 Å². The highest BCUT2D eigenvalue weighted by Gasteiger charge is 2.06. The number of hydrogen-bond acceptors (Lipinski definition) is 4. The van der Waals surface area contributed by atoms with Crippen LogP contribution in [0.3, 0.4) is 0 Å². The number of aromatic nitrogens is 3. The molecule has 2 N–H and O–H groups in total. The van der Waals surface area contributed by atoms with Gasteiger partial charge in [-0.3, -0.25) is 4.68 Å². The normalized spacial score (nSPS) is 12.5. The number of thiazole rings is 1. The lowest BCUT2D eigenvalue weighted by molar-refractivity contribution is 0.443. The molecule has 0 saturated heterocycles. The average Bonchev–Trinajstić information content (AvgIpc) is 3.21. The van der Waals surface area contributed by atoms with Crippen LogP contribution in [0.25, 0.3) is 0 Å². The SMILES string of the molecule is CCNC(=NCc1ncc(CC)s1)NCC(C)Cn1cccn1.I. The van der Waals surface area contributed by atoms with E-state index in [0.717, 1.165) is 37.0 Å². The fourth-order valence-electron chi connectivity index (χ4n) is 2.14. The maximum absolute atomic E-state index is 4.62. The third kappa shape index (κ3) is 7.16. The summed E-state index contributed by atoms with van der Waals surface area (Å²) in [5.74, 6) is 1.30. The molecule has 0 aliphatic rings. The third-order valence-corrected chi connectivity index (χ3v) is 4.47. The first-order valence-electron chi connectivity index (χ1n) is 8.14. The molecule has 6 nitrogen and oxygen atoms in total. The van der Waals surface area contributed by atoms with Crippen molar-refractivity contribution in [3.63, 3.8) is 0 Å². The van der Waals surface area contributed by atoms with Crippen LogP contribution in [0.15, 0.2) is 29.6 Å². The van der Waals surface area contributed by atoms with Crippen LogP contribution >= 0.6 is 35.3 Å². The second kappa shape index (κ2) is 11.4.